The van der Waals surface area contributed by atoms with E-state index >= 15 is 0 Å². The van der Waals surface area contributed by atoms with E-state index in [0.717, 1.165) is 23.0 Å². The van der Waals surface area contributed by atoms with Gasteiger partial charge in [-0.2, -0.15) is 0 Å². The van der Waals surface area contributed by atoms with E-state index in [9.17, 15) is 4.79 Å². The first-order valence-corrected chi connectivity index (χ1v) is 8.23. The molecule has 0 atom stereocenters. The van der Waals surface area contributed by atoms with Gasteiger partial charge >= 0.3 is 0 Å². The van der Waals surface area contributed by atoms with Gasteiger partial charge in [-0.3, -0.25) is 4.79 Å². The third-order valence-corrected chi connectivity index (χ3v) is 5.67. The largest absolute Gasteiger partial charge is 0.396 e. The third-order valence-electron chi connectivity index (χ3n) is 3.44. The summed E-state index contributed by atoms with van der Waals surface area (Å²) in [6.45, 7) is 1.70. The van der Waals surface area contributed by atoms with Gasteiger partial charge in [-0.25, -0.2) is 0 Å². The number of carbonyl (C=O) groups excluding carboxylic acids is 1. The lowest BCUT2D eigenvalue weighted by molar-refractivity contribution is 0.100. The number of thiophene rings is 1. The van der Waals surface area contributed by atoms with Crippen molar-refractivity contribution in [3.63, 3.8) is 0 Å². The molecular formula is C14H15N3OS2. The Hall–Kier alpha value is -1.66. The van der Waals surface area contributed by atoms with E-state index in [2.05, 4.69) is 29.2 Å². The Morgan fingerprint density at radius 3 is 2.40 bits per heavy atom. The molecule has 0 unspecified atom stereocenters. The smallest absolute Gasteiger partial charge is 0.261 e. The molecule has 1 amide bonds. The number of carbonyl (C=O) groups is 1. The molecule has 0 radical (unpaired) electrons. The van der Waals surface area contributed by atoms with Gasteiger partial charge < -0.3 is 16.4 Å². The Morgan fingerprint density at radius 2 is 1.90 bits per heavy atom. The minimum atomic E-state index is -0.453. The van der Waals surface area contributed by atoms with Crippen molar-refractivity contribution >= 4 is 39.7 Å². The van der Waals surface area contributed by atoms with Crippen LogP contribution in [0.2, 0.25) is 0 Å². The Morgan fingerprint density at radius 1 is 1.30 bits per heavy atom. The zero-order valence-corrected chi connectivity index (χ0v) is 12.7. The van der Waals surface area contributed by atoms with E-state index in [1.54, 1.807) is 11.8 Å². The summed E-state index contributed by atoms with van der Waals surface area (Å²) in [7, 11) is 0. The number of amides is 1. The molecule has 2 aromatic rings. The molecule has 0 saturated carbocycles. The molecule has 4 nitrogen and oxygen atoms in total. The lowest BCUT2D eigenvalue weighted by Crippen LogP contribution is -2.13. The van der Waals surface area contributed by atoms with Gasteiger partial charge in [-0.1, -0.05) is 24.3 Å². The first-order chi connectivity index (χ1) is 9.61. The fraction of sp³-hybridized carbons (Fsp3) is 0.214. The van der Waals surface area contributed by atoms with Crippen LogP contribution in [0.4, 0.5) is 10.7 Å². The Kier molecular flexibility index (Phi) is 3.35. The molecule has 0 aliphatic carbocycles. The average molecular weight is 305 g/mol. The van der Waals surface area contributed by atoms with Crippen LogP contribution in [0.1, 0.15) is 20.8 Å². The van der Waals surface area contributed by atoms with Crippen LogP contribution < -0.4 is 16.4 Å². The molecule has 3 rings (SSSR count). The summed E-state index contributed by atoms with van der Waals surface area (Å²) in [4.78, 5) is 15.1. The number of nitrogens with two attached hydrogens (primary N) is 2. The quantitative estimate of drug-likeness (QED) is 0.855. The molecule has 1 aromatic heterocycles. The van der Waals surface area contributed by atoms with Crippen LogP contribution in [0, 0.1) is 0 Å². The molecule has 0 fully saturated rings. The van der Waals surface area contributed by atoms with Gasteiger partial charge in [0.1, 0.15) is 9.88 Å². The standard InChI is InChI=1S/C14H15N3OS2/c1-19-12-10(15)11(13(16)18)20-14(12)17-6-8-4-2-3-5-9(8)7-17/h2-5H,6-7,15H2,1H3,(H2,16,18). The van der Waals surface area contributed by atoms with Crippen molar-refractivity contribution < 1.29 is 4.79 Å². The summed E-state index contributed by atoms with van der Waals surface area (Å²) in [5, 5.41) is 1.04. The summed E-state index contributed by atoms with van der Waals surface area (Å²) in [5.41, 5.74) is 14.6. The van der Waals surface area contributed by atoms with Crippen LogP contribution in [0.5, 0.6) is 0 Å². The van der Waals surface area contributed by atoms with Crippen LogP contribution in [0.15, 0.2) is 29.2 Å². The second-order valence-corrected chi connectivity index (χ2v) is 6.49. The predicted molar refractivity (Wildman–Crippen MR) is 85.4 cm³/mol. The SMILES string of the molecule is CSc1c(N2Cc3ccccc3C2)sc(C(N)=O)c1N. The van der Waals surface area contributed by atoms with Crippen molar-refractivity contribution in [2.75, 3.05) is 16.9 Å². The van der Waals surface area contributed by atoms with Gasteiger partial charge in [-0.05, 0) is 17.4 Å². The van der Waals surface area contributed by atoms with Crippen molar-refractivity contribution in [1.82, 2.24) is 0 Å². The van der Waals surface area contributed by atoms with Crippen LogP contribution in [0.25, 0.3) is 0 Å². The highest BCUT2D eigenvalue weighted by atomic mass is 32.2. The number of hydrogen-bond acceptors (Lipinski definition) is 5. The molecule has 20 heavy (non-hydrogen) atoms. The number of benzene rings is 1. The number of nitrogens with zero attached hydrogens (tertiary/aromatic N) is 1. The number of thioether (sulfide) groups is 1. The summed E-state index contributed by atoms with van der Waals surface area (Å²) >= 11 is 2.95. The fourth-order valence-electron chi connectivity index (χ4n) is 2.48. The molecular weight excluding hydrogens is 290 g/mol. The number of rotatable bonds is 3. The van der Waals surface area contributed by atoms with Crippen molar-refractivity contribution in [2.24, 2.45) is 5.73 Å². The van der Waals surface area contributed by atoms with E-state index in [1.165, 1.54) is 22.5 Å². The maximum atomic E-state index is 11.5. The topological polar surface area (TPSA) is 72.3 Å². The molecule has 0 bridgehead atoms. The zero-order valence-electron chi connectivity index (χ0n) is 11.1. The van der Waals surface area contributed by atoms with E-state index in [-0.39, 0.29) is 0 Å². The van der Waals surface area contributed by atoms with Crippen LogP contribution in [-0.2, 0) is 13.1 Å². The highest BCUT2D eigenvalue weighted by Gasteiger charge is 2.26. The molecule has 1 aliphatic heterocycles. The number of primary amides is 1. The summed E-state index contributed by atoms with van der Waals surface area (Å²) in [6, 6.07) is 8.38. The van der Waals surface area contributed by atoms with Crippen LogP contribution in [-0.4, -0.2) is 12.2 Å². The highest BCUT2D eigenvalue weighted by molar-refractivity contribution is 7.99. The second kappa shape index (κ2) is 5.03. The molecule has 6 heteroatoms. The van der Waals surface area contributed by atoms with Gasteiger partial charge in [0.15, 0.2) is 0 Å². The average Bonchev–Trinajstić information content (AvgIpc) is 2.98. The molecule has 4 N–H and O–H groups in total. The molecule has 104 valence electrons. The molecule has 1 aliphatic rings. The summed E-state index contributed by atoms with van der Waals surface area (Å²) < 4.78 is 0. The normalized spacial score (nSPS) is 13.6. The first kappa shape index (κ1) is 13.3. The van der Waals surface area contributed by atoms with Gasteiger partial charge in [0.05, 0.1) is 10.6 Å². The van der Waals surface area contributed by atoms with Crippen LogP contribution >= 0.6 is 23.1 Å². The van der Waals surface area contributed by atoms with E-state index in [4.69, 9.17) is 11.5 Å². The van der Waals surface area contributed by atoms with Crippen LogP contribution in [0.3, 0.4) is 0 Å². The Balaban J connectivity index is 2.00. The van der Waals surface area contributed by atoms with Crippen molar-refractivity contribution in [1.29, 1.82) is 0 Å². The number of fused-ring (bicyclic) bond motifs is 1. The van der Waals surface area contributed by atoms with Crippen molar-refractivity contribution in [2.45, 2.75) is 18.0 Å². The van der Waals surface area contributed by atoms with E-state index in [1.807, 2.05) is 6.26 Å². The molecule has 0 saturated heterocycles. The minimum absolute atomic E-state index is 0.453. The van der Waals surface area contributed by atoms with Crippen molar-refractivity contribution in [3.05, 3.63) is 40.3 Å². The third kappa shape index (κ3) is 2.05. The Labute approximate surface area is 125 Å². The van der Waals surface area contributed by atoms with Gasteiger partial charge in [0.25, 0.3) is 5.91 Å². The second-order valence-electron chi connectivity index (χ2n) is 4.67. The zero-order chi connectivity index (χ0) is 14.3. The maximum absolute atomic E-state index is 11.5. The first-order valence-electron chi connectivity index (χ1n) is 6.19. The van der Waals surface area contributed by atoms with E-state index in [0.29, 0.717) is 10.6 Å². The lowest BCUT2D eigenvalue weighted by Gasteiger charge is -2.17. The fourth-order valence-corrected chi connectivity index (χ4v) is 4.51. The van der Waals surface area contributed by atoms with Gasteiger partial charge in [-0.15, -0.1) is 23.1 Å². The monoisotopic (exact) mass is 305 g/mol. The number of anilines is 2. The number of hydrogen-bond donors (Lipinski definition) is 2. The highest BCUT2D eigenvalue weighted by Crippen LogP contribution is 2.45. The maximum Gasteiger partial charge on any atom is 0.261 e. The van der Waals surface area contributed by atoms with Gasteiger partial charge in [0, 0.05) is 13.1 Å². The van der Waals surface area contributed by atoms with Crippen molar-refractivity contribution in [3.8, 4) is 0 Å². The predicted octanol–water partition coefficient (Wildman–Crippen LogP) is 2.67. The molecule has 1 aromatic carbocycles. The molecule has 2 heterocycles. The van der Waals surface area contributed by atoms with E-state index < -0.39 is 5.91 Å². The lowest BCUT2D eigenvalue weighted by atomic mass is 10.1. The molecule has 0 spiro atoms. The van der Waals surface area contributed by atoms with Gasteiger partial charge in [0.2, 0.25) is 0 Å². The summed E-state index contributed by atoms with van der Waals surface area (Å²) in [6.07, 6.45) is 1.97. The number of nitrogen functional groups attached to an aromatic ring is 1. The minimum Gasteiger partial charge on any atom is -0.396 e. The Bertz CT molecular complexity index is 656. The summed E-state index contributed by atoms with van der Waals surface area (Å²) in [5.74, 6) is -0.453.